The molecule has 1 aliphatic heterocycles. The normalized spacial score (nSPS) is 14.2. The molecule has 5 nitrogen and oxygen atoms in total. The van der Waals surface area contributed by atoms with Gasteiger partial charge >= 0.3 is 0 Å². The highest BCUT2D eigenvalue weighted by molar-refractivity contribution is 6.31. The second-order valence-electron chi connectivity index (χ2n) is 5.05. The van der Waals surface area contributed by atoms with E-state index in [1.807, 2.05) is 0 Å². The van der Waals surface area contributed by atoms with Crippen molar-refractivity contribution < 1.29 is 9.18 Å². The summed E-state index contributed by atoms with van der Waals surface area (Å²) in [5, 5.41) is 10.6. The number of hydrogen-bond acceptors (Lipinski definition) is 4. The Labute approximate surface area is 132 Å². The number of halogens is 2. The van der Waals surface area contributed by atoms with E-state index in [0.717, 1.165) is 31.7 Å². The molecule has 1 aromatic heterocycles. The monoisotopic (exact) mass is 320 g/mol. The van der Waals surface area contributed by atoms with Crippen molar-refractivity contribution in [2.24, 2.45) is 0 Å². The number of aromatic nitrogens is 2. The summed E-state index contributed by atoms with van der Waals surface area (Å²) in [5.74, 6) is -0.170. The van der Waals surface area contributed by atoms with Crippen LogP contribution in [0.3, 0.4) is 0 Å². The first-order chi connectivity index (χ1) is 10.6. The molecular formula is C15H14ClFN4O. The molecule has 114 valence electrons. The van der Waals surface area contributed by atoms with Crippen molar-refractivity contribution in [3.8, 4) is 0 Å². The van der Waals surface area contributed by atoms with Gasteiger partial charge in [0.1, 0.15) is 5.82 Å². The van der Waals surface area contributed by atoms with Gasteiger partial charge in [0.05, 0.1) is 5.02 Å². The van der Waals surface area contributed by atoms with Gasteiger partial charge in [0.15, 0.2) is 11.5 Å². The number of carbonyl (C=O) groups is 1. The van der Waals surface area contributed by atoms with Crippen molar-refractivity contribution in [2.75, 3.05) is 23.3 Å². The van der Waals surface area contributed by atoms with Gasteiger partial charge in [-0.15, -0.1) is 10.2 Å². The van der Waals surface area contributed by atoms with Gasteiger partial charge in [-0.2, -0.15) is 0 Å². The molecule has 0 aliphatic carbocycles. The maximum absolute atomic E-state index is 13.1. The van der Waals surface area contributed by atoms with Crippen LogP contribution < -0.4 is 10.2 Å². The highest BCUT2D eigenvalue weighted by Crippen LogP contribution is 2.20. The van der Waals surface area contributed by atoms with Crippen LogP contribution in [0.2, 0.25) is 5.02 Å². The van der Waals surface area contributed by atoms with E-state index in [0.29, 0.717) is 5.69 Å². The fourth-order valence-corrected chi connectivity index (χ4v) is 2.51. The van der Waals surface area contributed by atoms with Crippen molar-refractivity contribution in [3.63, 3.8) is 0 Å². The lowest BCUT2D eigenvalue weighted by Crippen LogP contribution is -2.21. The predicted octanol–water partition coefficient (Wildman–Crippen LogP) is 3.12. The number of nitrogens with one attached hydrogen (secondary N) is 1. The minimum absolute atomic E-state index is 0.0479. The molecule has 22 heavy (non-hydrogen) atoms. The number of nitrogens with zero attached hydrogens (tertiary/aromatic N) is 3. The Balaban J connectivity index is 1.70. The molecule has 1 aliphatic rings. The lowest BCUT2D eigenvalue weighted by Gasteiger charge is -2.15. The van der Waals surface area contributed by atoms with Gasteiger partial charge in [0.25, 0.3) is 5.91 Å². The Morgan fingerprint density at radius 1 is 1.18 bits per heavy atom. The molecule has 0 radical (unpaired) electrons. The summed E-state index contributed by atoms with van der Waals surface area (Å²) in [6.07, 6.45) is 2.30. The minimum atomic E-state index is -0.533. The van der Waals surface area contributed by atoms with E-state index in [9.17, 15) is 9.18 Å². The van der Waals surface area contributed by atoms with Crippen LogP contribution in [0.1, 0.15) is 23.3 Å². The van der Waals surface area contributed by atoms with Gasteiger partial charge in [-0.25, -0.2) is 4.39 Å². The average molecular weight is 321 g/mol. The number of hydrogen-bond donors (Lipinski definition) is 1. The maximum Gasteiger partial charge on any atom is 0.276 e. The Bertz CT molecular complexity index is 686. The van der Waals surface area contributed by atoms with Gasteiger partial charge < -0.3 is 10.2 Å². The van der Waals surface area contributed by atoms with Crippen LogP contribution in [0.4, 0.5) is 15.9 Å². The van der Waals surface area contributed by atoms with E-state index >= 15 is 0 Å². The summed E-state index contributed by atoms with van der Waals surface area (Å²) < 4.78 is 13.1. The summed E-state index contributed by atoms with van der Waals surface area (Å²) in [6.45, 7) is 1.93. The molecule has 1 amide bonds. The number of anilines is 2. The smallest absolute Gasteiger partial charge is 0.276 e. The van der Waals surface area contributed by atoms with Crippen molar-refractivity contribution in [1.29, 1.82) is 0 Å². The first-order valence-corrected chi connectivity index (χ1v) is 7.36. The van der Waals surface area contributed by atoms with Crippen LogP contribution in [0.25, 0.3) is 0 Å². The third kappa shape index (κ3) is 3.17. The van der Waals surface area contributed by atoms with Gasteiger partial charge in [-0.1, -0.05) is 11.6 Å². The lowest BCUT2D eigenvalue weighted by molar-refractivity contribution is 0.102. The number of carbonyl (C=O) groups excluding carboxylic acids is 1. The molecule has 2 heterocycles. The largest absolute Gasteiger partial charge is 0.355 e. The Hall–Kier alpha value is -2.21. The minimum Gasteiger partial charge on any atom is -0.355 e. The molecule has 1 saturated heterocycles. The Morgan fingerprint density at radius 3 is 2.59 bits per heavy atom. The molecule has 0 spiro atoms. The maximum atomic E-state index is 13.1. The molecule has 0 atom stereocenters. The highest BCUT2D eigenvalue weighted by Gasteiger charge is 2.15. The Morgan fingerprint density at radius 2 is 1.95 bits per heavy atom. The van der Waals surface area contributed by atoms with Gasteiger partial charge in [-0.05, 0) is 43.2 Å². The summed E-state index contributed by atoms with van der Waals surface area (Å²) in [4.78, 5) is 14.2. The fourth-order valence-electron chi connectivity index (χ4n) is 2.33. The second-order valence-corrected chi connectivity index (χ2v) is 5.46. The van der Waals surface area contributed by atoms with Crippen LogP contribution in [-0.4, -0.2) is 29.2 Å². The molecule has 7 heteroatoms. The molecule has 0 bridgehead atoms. The topological polar surface area (TPSA) is 58.1 Å². The molecule has 1 fully saturated rings. The van der Waals surface area contributed by atoms with Gasteiger partial charge in [0, 0.05) is 18.8 Å². The lowest BCUT2D eigenvalue weighted by atomic mass is 10.3. The van der Waals surface area contributed by atoms with Crippen molar-refractivity contribution in [3.05, 3.63) is 46.9 Å². The first-order valence-electron chi connectivity index (χ1n) is 6.98. The van der Waals surface area contributed by atoms with E-state index < -0.39 is 11.7 Å². The Kier molecular flexibility index (Phi) is 4.20. The van der Waals surface area contributed by atoms with Gasteiger partial charge in [0.2, 0.25) is 0 Å². The standard InChI is InChI=1S/C15H14ClFN4O/c16-11-9-10(3-4-12(11)17)18-15(22)13-5-6-14(20-19-13)21-7-1-2-8-21/h3-6,9H,1-2,7-8H2,(H,18,22). The summed E-state index contributed by atoms with van der Waals surface area (Å²) >= 11 is 5.68. The SMILES string of the molecule is O=C(Nc1ccc(F)c(Cl)c1)c1ccc(N2CCCC2)nn1. The molecule has 1 aromatic carbocycles. The fraction of sp³-hybridized carbons (Fsp3) is 0.267. The van der Waals surface area contributed by atoms with Crippen molar-refractivity contribution >= 4 is 29.0 Å². The summed E-state index contributed by atoms with van der Waals surface area (Å²) in [6, 6.07) is 7.39. The zero-order valence-corrected chi connectivity index (χ0v) is 12.5. The van der Waals surface area contributed by atoms with E-state index in [4.69, 9.17) is 11.6 Å². The van der Waals surface area contributed by atoms with E-state index in [1.54, 1.807) is 12.1 Å². The van der Waals surface area contributed by atoms with Gasteiger partial charge in [-0.3, -0.25) is 4.79 Å². The quantitative estimate of drug-likeness (QED) is 0.944. The van der Waals surface area contributed by atoms with E-state index in [-0.39, 0.29) is 10.7 Å². The average Bonchev–Trinajstić information content (AvgIpc) is 3.05. The van der Waals surface area contributed by atoms with Crippen LogP contribution in [-0.2, 0) is 0 Å². The third-order valence-corrected chi connectivity index (χ3v) is 3.78. The number of rotatable bonds is 3. The van der Waals surface area contributed by atoms with Crippen molar-refractivity contribution in [2.45, 2.75) is 12.8 Å². The molecule has 1 N–H and O–H groups in total. The van der Waals surface area contributed by atoms with Crippen molar-refractivity contribution in [1.82, 2.24) is 10.2 Å². The van der Waals surface area contributed by atoms with Crippen LogP contribution in [0, 0.1) is 5.82 Å². The molecule has 0 unspecified atom stereocenters. The number of amides is 1. The van der Waals surface area contributed by atoms with E-state index in [1.165, 1.54) is 18.2 Å². The molecular weight excluding hydrogens is 307 g/mol. The third-order valence-electron chi connectivity index (χ3n) is 3.49. The highest BCUT2D eigenvalue weighted by atomic mass is 35.5. The van der Waals surface area contributed by atoms with E-state index in [2.05, 4.69) is 20.4 Å². The number of benzene rings is 1. The zero-order valence-electron chi connectivity index (χ0n) is 11.7. The molecule has 0 saturated carbocycles. The first kappa shape index (κ1) is 14.7. The van der Waals surface area contributed by atoms with Crippen LogP contribution in [0.5, 0.6) is 0 Å². The van der Waals surface area contributed by atoms with Crippen LogP contribution >= 0.6 is 11.6 Å². The van der Waals surface area contributed by atoms with Crippen LogP contribution in [0.15, 0.2) is 30.3 Å². The molecule has 2 aromatic rings. The molecule has 3 rings (SSSR count). The summed E-state index contributed by atoms with van der Waals surface area (Å²) in [5.41, 5.74) is 0.602. The zero-order chi connectivity index (χ0) is 15.5. The predicted molar refractivity (Wildman–Crippen MR) is 82.8 cm³/mol. The summed E-state index contributed by atoms with van der Waals surface area (Å²) in [7, 11) is 0. The second kappa shape index (κ2) is 6.27.